The molecule has 2 aromatic rings. The Bertz CT molecular complexity index is 678. The summed E-state index contributed by atoms with van der Waals surface area (Å²) in [6, 6.07) is 4.43. The highest BCUT2D eigenvalue weighted by Gasteiger charge is 2.30. The molecule has 0 bridgehead atoms. The number of nitrogens with zero attached hydrogens (tertiary/aromatic N) is 2. The van der Waals surface area contributed by atoms with E-state index >= 15 is 0 Å². The Morgan fingerprint density at radius 2 is 1.79 bits per heavy atom. The predicted octanol–water partition coefficient (Wildman–Crippen LogP) is 5.80. The molecule has 0 saturated heterocycles. The molecule has 0 aliphatic heterocycles. The van der Waals surface area contributed by atoms with Crippen molar-refractivity contribution >= 4 is 11.8 Å². The monoisotopic (exact) mass is 364 g/mol. The average molecular weight is 364 g/mol. The molecule has 0 saturated carbocycles. The number of alkyl halides is 3. The van der Waals surface area contributed by atoms with Gasteiger partial charge in [0, 0.05) is 11.3 Å². The Labute approximate surface area is 139 Å². The molecule has 0 aliphatic rings. The summed E-state index contributed by atoms with van der Waals surface area (Å²) in [6.07, 6.45) is -3.57. The quantitative estimate of drug-likeness (QED) is 0.354. The summed E-state index contributed by atoms with van der Waals surface area (Å²) < 4.78 is 66.5. The van der Waals surface area contributed by atoms with Crippen LogP contribution in [0.3, 0.4) is 0 Å². The highest BCUT2D eigenvalue weighted by atomic mass is 32.2. The van der Waals surface area contributed by atoms with Crippen LogP contribution in [0.4, 0.5) is 22.0 Å². The van der Waals surface area contributed by atoms with Gasteiger partial charge in [-0.15, -0.1) is 10.2 Å². The van der Waals surface area contributed by atoms with Gasteiger partial charge in [0.25, 0.3) is 11.3 Å². The van der Waals surface area contributed by atoms with E-state index in [0.717, 1.165) is 18.2 Å². The van der Waals surface area contributed by atoms with Crippen LogP contribution in [0.5, 0.6) is 0 Å². The number of hydrogen-bond donors (Lipinski definition) is 0. The second kappa shape index (κ2) is 8.27. The Balaban J connectivity index is 1.85. The minimum atomic E-state index is -4.39. The summed E-state index contributed by atoms with van der Waals surface area (Å²) in [5.41, 5.74) is -0.356. The lowest BCUT2D eigenvalue weighted by atomic mass is 10.1. The van der Waals surface area contributed by atoms with Gasteiger partial charge in [-0.25, -0.2) is 0 Å². The molecule has 24 heavy (non-hydrogen) atoms. The summed E-state index contributed by atoms with van der Waals surface area (Å²) in [4.78, 5) is 0. The average Bonchev–Trinajstić information content (AvgIpc) is 2.98. The standard InChI is InChI=1S/C15H13F5N2OS/c16-12(17)4-2-1-3-9-24-14-22-21-13(23-14)10-5-7-11(8-6-10)15(18,19)20/h4-8H,1-3,9H2. The van der Waals surface area contributed by atoms with Crippen LogP contribution in [-0.2, 0) is 6.18 Å². The zero-order valence-corrected chi connectivity index (χ0v) is 13.1. The predicted molar refractivity (Wildman–Crippen MR) is 79.6 cm³/mol. The highest BCUT2D eigenvalue weighted by molar-refractivity contribution is 7.99. The third-order valence-electron chi connectivity index (χ3n) is 2.99. The zero-order valence-electron chi connectivity index (χ0n) is 12.3. The number of halogens is 5. The molecule has 130 valence electrons. The van der Waals surface area contributed by atoms with E-state index in [1.807, 2.05) is 0 Å². The number of thioether (sulfide) groups is 1. The minimum Gasteiger partial charge on any atom is -0.411 e. The van der Waals surface area contributed by atoms with Crippen LogP contribution >= 0.6 is 11.8 Å². The summed E-state index contributed by atoms with van der Waals surface area (Å²) in [5.74, 6) is 0.754. The fourth-order valence-electron chi connectivity index (χ4n) is 1.80. The third-order valence-corrected chi connectivity index (χ3v) is 3.89. The summed E-state index contributed by atoms with van der Waals surface area (Å²) in [5, 5.41) is 7.88. The molecular weight excluding hydrogens is 351 g/mol. The summed E-state index contributed by atoms with van der Waals surface area (Å²) in [6.45, 7) is 0. The maximum Gasteiger partial charge on any atom is 0.416 e. The molecule has 0 amide bonds. The van der Waals surface area contributed by atoms with Crippen molar-refractivity contribution in [2.75, 3.05) is 5.75 Å². The molecule has 2 rings (SSSR count). The van der Waals surface area contributed by atoms with Crippen molar-refractivity contribution in [3.8, 4) is 11.5 Å². The molecule has 0 radical (unpaired) electrons. The van der Waals surface area contributed by atoms with Gasteiger partial charge in [0.2, 0.25) is 5.89 Å². The SMILES string of the molecule is FC(F)=CCCCCSc1nnc(-c2ccc(C(F)(F)F)cc2)o1. The maximum absolute atomic E-state index is 12.5. The van der Waals surface area contributed by atoms with Gasteiger partial charge in [0.15, 0.2) is 0 Å². The van der Waals surface area contributed by atoms with Crippen molar-refractivity contribution in [3.63, 3.8) is 0 Å². The topological polar surface area (TPSA) is 38.9 Å². The van der Waals surface area contributed by atoms with Gasteiger partial charge in [-0.05, 0) is 49.6 Å². The lowest BCUT2D eigenvalue weighted by Crippen LogP contribution is -2.03. The number of benzene rings is 1. The van der Waals surface area contributed by atoms with Crippen LogP contribution in [-0.4, -0.2) is 16.0 Å². The summed E-state index contributed by atoms with van der Waals surface area (Å²) in [7, 11) is 0. The zero-order chi connectivity index (χ0) is 17.6. The smallest absolute Gasteiger partial charge is 0.411 e. The molecule has 1 aromatic heterocycles. The number of allylic oxidation sites excluding steroid dienone is 1. The van der Waals surface area contributed by atoms with Crippen LogP contribution in [0.25, 0.3) is 11.5 Å². The van der Waals surface area contributed by atoms with Crippen LogP contribution in [0, 0.1) is 0 Å². The first-order chi connectivity index (χ1) is 11.4. The van der Waals surface area contributed by atoms with E-state index in [1.54, 1.807) is 0 Å². The molecular formula is C15H13F5N2OS. The van der Waals surface area contributed by atoms with Crippen LogP contribution in [0.1, 0.15) is 24.8 Å². The molecule has 0 atom stereocenters. The van der Waals surface area contributed by atoms with Gasteiger partial charge in [0.05, 0.1) is 5.56 Å². The number of hydrogen-bond acceptors (Lipinski definition) is 4. The normalized spacial score (nSPS) is 11.5. The van der Waals surface area contributed by atoms with E-state index in [1.165, 1.54) is 23.9 Å². The van der Waals surface area contributed by atoms with E-state index < -0.39 is 17.8 Å². The fraction of sp³-hybridized carbons (Fsp3) is 0.333. The Hall–Kier alpha value is -1.90. The number of rotatable bonds is 7. The van der Waals surface area contributed by atoms with Crippen molar-refractivity contribution in [2.45, 2.75) is 30.7 Å². The van der Waals surface area contributed by atoms with Crippen molar-refractivity contribution < 1.29 is 26.4 Å². The molecule has 0 N–H and O–H groups in total. The van der Waals surface area contributed by atoms with E-state index in [9.17, 15) is 22.0 Å². The Kier molecular flexibility index (Phi) is 6.36. The van der Waals surface area contributed by atoms with Gasteiger partial charge >= 0.3 is 6.18 Å². The van der Waals surface area contributed by atoms with Crippen LogP contribution in [0.15, 0.2) is 46.1 Å². The lowest BCUT2D eigenvalue weighted by Gasteiger charge is -2.05. The molecule has 0 fully saturated rings. The first-order valence-electron chi connectivity index (χ1n) is 7.01. The maximum atomic E-state index is 12.5. The van der Waals surface area contributed by atoms with Crippen molar-refractivity contribution in [1.29, 1.82) is 0 Å². The van der Waals surface area contributed by atoms with E-state index in [2.05, 4.69) is 10.2 Å². The largest absolute Gasteiger partial charge is 0.416 e. The van der Waals surface area contributed by atoms with Gasteiger partial charge in [-0.1, -0.05) is 11.8 Å². The van der Waals surface area contributed by atoms with E-state index in [-0.39, 0.29) is 11.1 Å². The molecule has 1 aromatic carbocycles. The van der Waals surface area contributed by atoms with Crippen molar-refractivity contribution in [2.24, 2.45) is 0 Å². The highest BCUT2D eigenvalue weighted by Crippen LogP contribution is 2.31. The first kappa shape index (κ1) is 18.4. The van der Waals surface area contributed by atoms with Gasteiger partial charge in [-0.3, -0.25) is 0 Å². The third kappa shape index (κ3) is 5.63. The molecule has 0 unspecified atom stereocenters. The van der Waals surface area contributed by atoms with Crippen LogP contribution < -0.4 is 0 Å². The van der Waals surface area contributed by atoms with Crippen LogP contribution in [0.2, 0.25) is 0 Å². The lowest BCUT2D eigenvalue weighted by molar-refractivity contribution is -0.137. The fourth-order valence-corrected chi connectivity index (χ4v) is 2.56. The van der Waals surface area contributed by atoms with E-state index in [4.69, 9.17) is 4.42 Å². The van der Waals surface area contributed by atoms with Crippen molar-refractivity contribution in [1.82, 2.24) is 10.2 Å². The van der Waals surface area contributed by atoms with E-state index in [0.29, 0.717) is 30.6 Å². The second-order valence-corrected chi connectivity index (χ2v) is 5.83. The number of unbranched alkanes of at least 4 members (excludes halogenated alkanes) is 2. The van der Waals surface area contributed by atoms with Gasteiger partial charge in [-0.2, -0.15) is 22.0 Å². The molecule has 1 heterocycles. The second-order valence-electron chi connectivity index (χ2n) is 4.79. The first-order valence-corrected chi connectivity index (χ1v) is 8.00. The summed E-state index contributed by atoms with van der Waals surface area (Å²) >= 11 is 1.27. The van der Waals surface area contributed by atoms with Crippen molar-refractivity contribution in [3.05, 3.63) is 42.0 Å². The Morgan fingerprint density at radius 1 is 1.08 bits per heavy atom. The molecule has 0 aliphatic carbocycles. The molecule has 9 heteroatoms. The van der Waals surface area contributed by atoms with Gasteiger partial charge < -0.3 is 4.42 Å². The molecule has 3 nitrogen and oxygen atoms in total. The minimum absolute atomic E-state index is 0.133. The number of aromatic nitrogens is 2. The van der Waals surface area contributed by atoms with Gasteiger partial charge in [0.1, 0.15) is 0 Å². The molecule has 0 spiro atoms. The Morgan fingerprint density at radius 3 is 2.42 bits per heavy atom.